The number of piperazine rings is 1. The molecule has 0 spiro atoms. The van der Waals surface area contributed by atoms with E-state index in [1.807, 2.05) is 0 Å². The highest BCUT2D eigenvalue weighted by Gasteiger charge is 2.39. The number of alkyl halides is 1. The largest absolute Gasteiger partial charge is 0.444 e. The van der Waals surface area contributed by atoms with Crippen molar-refractivity contribution < 1.29 is 28.4 Å². The smallest absolute Gasteiger partial charge is 0.412 e. The molecule has 1 saturated heterocycles. The van der Waals surface area contributed by atoms with Gasteiger partial charge in [0.1, 0.15) is 5.60 Å². The van der Waals surface area contributed by atoms with E-state index in [-0.39, 0.29) is 6.54 Å². The number of nitro groups is 1. The predicted molar refractivity (Wildman–Crippen MR) is 176 cm³/mol. The molecule has 13 nitrogen and oxygen atoms in total. The average Bonchev–Trinajstić information content (AvgIpc) is 3.01. The zero-order valence-corrected chi connectivity index (χ0v) is 27.1. The van der Waals surface area contributed by atoms with Gasteiger partial charge < -0.3 is 25.2 Å². The Bertz CT molecular complexity index is 1490. The number of carbonyl (C=O) groups excluding carboxylic acids is 3. The van der Waals surface area contributed by atoms with E-state index in [0.717, 1.165) is 43.9 Å². The summed E-state index contributed by atoms with van der Waals surface area (Å²) in [6.45, 7) is 10.1. The third kappa shape index (κ3) is 10.3. The first-order valence-electron chi connectivity index (χ1n) is 15.4. The van der Waals surface area contributed by atoms with Gasteiger partial charge in [-0.05, 0) is 57.6 Å². The van der Waals surface area contributed by atoms with Crippen molar-refractivity contribution >= 4 is 29.4 Å². The van der Waals surface area contributed by atoms with Gasteiger partial charge in [-0.3, -0.25) is 25.1 Å². The fourth-order valence-corrected chi connectivity index (χ4v) is 4.93. The summed E-state index contributed by atoms with van der Waals surface area (Å²) >= 11 is 0. The number of hydrogen-bond donors (Lipinski definition) is 3. The van der Waals surface area contributed by atoms with E-state index in [9.17, 15) is 28.9 Å². The summed E-state index contributed by atoms with van der Waals surface area (Å²) in [5.41, 5.74) is 1.23. The van der Waals surface area contributed by atoms with Gasteiger partial charge in [0.15, 0.2) is 0 Å². The quantitative estimate of drug-likeness (QED) is 0.147. The fraction of sp³-hybridized carbons (Fsp3) is 0.424. The Labute approximate surface area is 273 Å². The van der Waals surface area contributed by atoms with Gasteiger partial charge in [-0.1, -0.05) is 36.4 Å². The minimum absolute atomic E-state index is 0.228. The first kappa shape index (κ1) is 35.0. The number of likely N-dealkylation sites (N-methyl/N-ethyl adjacent to an activating group) is 1. The Morgan fingerprint density at radius 3 is 2.17 bits per heavy atom. The number of halogens is 1. The van der Waals surface area contributed by atoms with E-state index in [2.05, 4.69) is 32.8 Å². The number of nitrogens with zero attached hydrogens (tertiary/aromatic N) is 4. The molecule has 1 heterocycles. The van der Waals surface area contributed by atoms with Crippen molar-refractivity contribution in [3.63, 3.8) is 0 Å². The number of rotatable bonds is 10. The molecule has 14 heteroatoms. The first-order valence-corrected chi connectivity index (χ1v) is 15.4. The zero-order valence-electron chi connectivity index (χ0n) is 27.1. The second kappa shape index (κ2) is 15.2. The summed E-state index contributed by atoms with van der Waals surface area (Å²) in [6, 6.07) is 12.5. The molecule has 0 aromatic heterocycles. The lowest BCUT2D eigenvalue weighted by molar-refractivity contribution is -0.573. The topological polar surface area (TPSA) is 149 Å². The van der Waals surface area contributed by atoms with E-state index in [4.69, 9.17) is 4.74 Å². The van der Waals surface area contributed by atoms with Gasteiger partial charge in [0.05, 0.1) is 22.3 Å². The molecular weight excluding hydrogens is 609 g/mol. The number of carbonyl (C=O) groups is 3. The molecule has 0 bridgehead atoms. The summed E-state index contributed by atoms with van der Waals surface area (Å²) in [5, 5.41) is 19.3. The van der Waals surface area contributed by atoms with Crippen molar-refractivity contribution in [1.82, 2.24) is 20.0 Å². The summed E-state index contributed by atoms with van der Waals surface area (Å²) < 4.78 is 19.6. The van der Waals surface area contributed by atoms with Crippen LogP contribution in [0, 0.1) is 10.1 Å². The maximum absolute atomic E-state index is 14.3. The molecule has 252 valence electrons. The van der Waals surface area contributed by atoms with Gasteiger partial charge >= 0.3 is 17.9 Å². The van der Waals surface area contributed by atoms with Gasteiger partial charge in [-0.25, -0.2) is 9.59 Å². The molecule has 1 aliphatic heterocycles. The molecule has 0 radical (unpaired) electrons. The maximum atomic E-state index is 14.3. The average molecular weight is 652 g/mol. The molecule has 0 unspecified atom stereocenters. The SMILES string of the molecule is CN1CCN(CCN(Cc2ccc(C(=O)Nc3ccccc3NC(=O)OC(C)(C)C)cc2)C(=O)NC2C=CC(F)([N+](=O)[O-])C=C2)CC1. The van der Waals surface area contributed by atoms with Crippen LogP contribution >= 0.6 is 0 Å². The van der Waals surface area contributed by atoms with Crippen LogP contribution in [0.4, 0.5) is 25.4 Å². The van der Waals surface area contributed by atoms with Crippen molar-refractivity contribution in [2.24, 2.45) is 0 Å². The number of benzene rings is 2. The molecule has 0 atom stereocenters. The van der Waals surface area contributed by atoms with Crippen LogP contribution < -0.4 is 16.0 Å². The maximum Gasteiger partial charge on any atom is 0.412 e. The van der Waals surface area contributed by atoms with Crippen LogP contribution in [0.2, 0.25) is 0 Å². The standard InChI is InChI=1S/C33H42FN7O6/c1-32(2,3)47-31(44)37-28-8-6-5-7-27(28)36-29(42)25-11-9-24(10-12-25)23-40(22-21-39-19-17-38(4)18-20-39)30(43)35-26-13-15-33(34,16-14-26)41(45)46/h5-16,26H,17-23H2,1-4H3,(H,35,43)(H,36,42)(H,37,44). The Morgan fingerprint density at radius 1 is 1.00 bits per heavy atom. The molecule has 4 rings (SSSR count). The Morgan fingerprint density at radius 2 is 1.60 bits per heavy atom. The van der Waals surface area contributed by atoms with Gasteiger partial charge in [-0.15, -0.1) is 0 Å². The van der Waals surface area contributed by atoms with E-state index in [1.54, 1.807) is 74.2 Å². The van der Waals surface area contributed by atoms with Crippen LogP contribution in [0.1, 0.15) is 36.7 Å². The van der Waals surface area contributed by atoms with E-state index in [1.165, 1.54) is 12.2 Å². The third-order valence-corrected chi connectivity index (χ3v) is 7.61. The molecule has 0 saturated carbocycles. The molecular formula is C33H42FN7O6. The highest BCUT2D eigenvalue weighted by atomic mass is 19.1. The molecule has 47 heavy (non-hydrogen) atoms. The van der Waals surface area contributed by atoms with Crippen LogP contribution in [-0.2, 0) is 11.3 Å². The lowest BCUT2D eigenvalue weighted by Crippen LogP contribution is -2.50. The second-order valence-electron chi connectivity index (χ2n) is 12.6. The predicted octanol–water partition coefficient (Wildman–Crippen LogP) is 4.48. The van der Waals surface area contributed by atoms with Crippen molar-refractivity contribution in [1.29, 1.82) is 0 Å². The van der Waals surface area contributed by atoms with Crippen LogP contribution in [0.15, 0.2) is 72.8 Å². The van der Waals surface area contributed by atoms with Gasteiger partial charge in [-0.2, -0.15) is 4.39 Å². The lowest BCUT2D eigenvalue weighted by Gasteiger charge is -2.34. The molecule has 2 aromatic rings. The van der Waals surface area contributed by atoms with Crippen molar-refractivity contribution in [2.45, 2.75) is 44.8 Å². The Balaban J connectivity index is 1.41. The summed E-state index contributed by atoms with van der Waals surface area (Å²) in [6.07, 6.45) is 3.51. The van der Waals surface area contributed by atoms with Crippen LogP contribution in [0.25, 0.3) is 0 Å². The minimum atomic E-state index is -2.80. The third-order valence-electron chi connectivity index (χ3n) is 7.61. The van der Waals surface area contributed by atoms with Gasteiger partial charge in [0, 0.05) is 63.5 Å². The number of para-hydroxylation sites is 2. The number of ether oxygens (including phenoxy) is 1. The number of urea groups is 1. The molecule has 1 aliphatic carbocycles. The first-order chi connectivity index (χ1) is 22.2. The highest BCUT2D eigenvalue weighted by Crippen LogP contribution is 2.24. The van der Waals surface area contributed by atoms with E-state index in [0.29, 0.717) is 30.0 Å². The number of anilines is 2. The summed E-state index contributed by atoms with van der Waals surface area (Å²) in [4.78, 5) is 54.9. The van der Waals surface area contributed by atoms with Gasteiger partial charge in [0.25, 0.3) is 5.91 Å². The molecule has 3 N–H and O–H groups in total. The summed E-state index contributed by atoms with van der Waals surface area (Å²) in [5.74, 6) is -3.19. The monoisotopic (exact) mass is 651 g/mol. The normalized spacial score (nSPS) is 19.9. The Hall–Kier alpha value is -4.82. The Kier molecular flexibility index (Phi) is 11.3. The zero-order chi connectivity index (χ0) is 34.2. The van der Waals surface area contributed by atoms with E-state index >= 15 is 0 Å². The number of amides is 4. The molecule has 1 fully saturated rings. The number of nitrogens with one attached hydrogen (secondary N) is 3. The van der Waals surface area contributed by atoms with Gasteiger partial charge in [0.2, 0.25) is 0 Å². The van der Waals surface area contributed by atoms with Crippen LogP contribution in [0.5, 0.6) is 0 Å². The second-order valence-corrected chi connectivity index (χ2v) is 12.6. The molecule has 2 aliphatic rings. The lowest BCUT2D eigenvalue weighted by atomic mass is 10.1. The number of hydrogen-bond acceptors (Lipinski definition) is 8. The van der Waals surface area contributed by atoms with Crippen molar-refractivity contribution in [3.8, 4) is 0 Å². The van der Waals surface area contributed by atoms with Crippen LogP contribution in [0.3, 0.4) is 0 Å². The molecule has 4 amide bonds. The minimum Gasteiger partial charge on any atom is -0.444 e. The fourth-order valence-electron chi connectivity index (χ4n) is 4.93. The highest BCUT2D eigenvalue weighted by molar-refractivity contribution is 6.06. The molecule has 2 aromatic carbocycles. The van der Waals surface area contributed by atoms with Crippen molar-refractivity contribution in [2.75, 3.05) is 56.9 Å². The van der Waals surface area contributed by atoms with Crippen LogP contribution in [-0.4, -0.2) is 101 Å². The summed E-state index contributed by atoms with van der Waals surface area (Å²) in [7, 11) is 2.07. The van der Waals surface area contributed by atoms with E-state index < -0.39 is 40.4 Å². The van der Waals surface area contributed by atoms with Crippen molar-refractivity contribution in [3.05, 3.63) is 94.1 Å².